The van der Waals surface area contributed by atoms with Gasteiger partial charge in [-0.15, -0.1) is 0 Å². The van der Waals surface area contributed by atoms with Crippen LogP contribution < -0.4 is 10.2 Å². The summed E-state index contributed by atoms with van der Waals surface area (Å²) in [6.45, 7) is 0.429. The third kappa shape index (κ3) is 3.14. The van der Waals surface area contributed by atoms with E-state index in [1.54, 1.807) is 4.90 Å². The molecule has 1 fully saturated rings. The molecule has 22 heavy (non-hydrogen) atoms. The Morgan fingerprint density at radius 3 is 2.50 bits per heavy atom. The lowest BCUT2D eigenvalue weighted by atomic mass is 10.1. The summed E-state index contributed by atoms with van der Waals surface area (Å²) in [4.78, 5) is 26.2. The van der Waals surface area contributed by atoms with E-state index in [0.717, 1.165) is 14.9 Å². The molecule has 1 aliphatic heterocycles. The Morgan fingerprint density at radius 2 is 1.77 bits per heavy atom. The average molecular weight is 406 g/mol. The Bertz CT molecular complexity index is 703. The van der Waals surface area contributed by atoms with Crippen LogP contribution in [0.4, 0.5) is 11.4 Å². The van der Waals surface area contributed by atoms with Crippen molar-refractivity contribution in [1.29, 1.82) is 0 Å². The fourth-order valence-corrected chi connectivity index (χ4v) is 3.06. The van der Waals surface area contributed by atoms with Crippen molar-refractivity contribution >= 4 is 45.8 Å². The first-order chi connectivity index (χ1) is 10.6. The lowest BCUT2D eigenvalue weighted by Crippen LogP contribution is -2.28. The third-order valence-electron chi connectivity index (χ3n) is 3.70. The SMILES string of the molecule is O=C(Nc1ccccc1I)C1CC(=O)N(c2ccccc2)C1. The molecule has 0 radical (unpaired) electrons. The molecule has 1 N–H and O–H groups in total. The van der Waals surface area contributed by atoms with Crippen molar-refractivity contribution in [3.05, 3.63) is 58.2 Å². The van der Waals surface area contributed by atoms with Crippen LogP contribution in [0, 0.1) is 9.49 Å². The standard InChI is InChI=1S/C17H15IN2O2/c18-14-8-4-5-9-15(14)19-17(22)12-10-16(21)20(11-12)13-6-2-1-3-7-13/h1-9,12H,10-11H2,(H,19,22). The topological polar surface area (TPSA) is 49.4 Å². The van der Waals surface area contributed by atoms with E-state index in [2.05, 4.69) is 27.9 Å². The van der Waals surface area contributed by atoms with Crippen LogP contribution in [0.15, 0.2) is 54.6 Å². The maximum Gasteiger partial charge on any atom is 0.229 e. The van der Waals surface area contributed by atoms with Gasteiger partial charge in [0.05, 0.1) is 11.6 Å². The van der Waals surface area contributed by atoms with Crippen LogP contribution in [0.1, 0.15) is 6.42 Å². The summed E-state index contributed by atoms with van der Waals surface area (Å²) in [5.41, 5.74) is 1.64. The lowest BCUT2D eigenvalue weighted by molar-refractivity contribution is -0.122. The van der Waals surface area contributed by atoms with Crippen molar-refractivity contribution in [2.45, 2.75) is 6.42 Å². The van der Waals surface area contributed by atoms with Crippen molar-refractivity contribution < 1.29 is 9.59 Å². The largest absolute Gasteiger partial charge is 0.325 e. The summed E-state index contributed by atoms with van der Waals surface area (Å²) in [6, 6.07) is 17.1. The number of carbonyl (C=O) groups is 2. The number of amides is 2. The summed E-state index contributed by atoms with van der Waals surface area (Å²) >= 11 is 2.18. The second-order valence-electron chi connectivity index (χ2n) is 5.21. The van der Waals surface area contributed by atoms with Crippen LogP contribution in [-0.2, 0) is 9.59 Å². The molecule has 0 saturated carbocycles. The quantitative estimate of drug-likeness (QED) is 0.796. The zero-order chi connectivity index (χ0) is 15.5. The van der Waals surface area contributed by atoms with E-state index in [9.17, 15) is 9.59 Å². The van der Waals surface area contributed by atoms with Crippen LogP contribution in [0.25, 0.3) is 0 Å². The summed E-state index contributed by atoms with van der Waals surface area (Å²) in [5, 5.41) is 2.92. The summed E-state index contributed by atoms with van der Waals surface area (Å²) in [7, 11) is 0. The molecule has 1 saturated heterocycles. The second kappa shape index (κ2) is 6.48. The molecular weight excluding hydrogens is 391 g/mol. The number of carbonyl (C=O) groups excluding carboxylic acids is 2. The minimum Gasteiger partial charge on any atom is -0.325 e. The number of hydrogen-bond acceptors (Lipinski definition) is 2. The Kier molecular flexibility index (Phi) is 4.42. The van der Waals surface area contributed by atoms with E-state index in [4.69, 9.17) is 0 Å². The Morgan fingerprint density at radius 1 is 1.09 bits per heavy atom. The van der Waals surface area contributed by atoms with E-state index < -0.39 is 0 Å². The molecule has 0 aliphatic carbocycles. The van der Waals surface area contributed by atoms with Gasteiger partial charge in [-0.3, -0.25) is 9.59 Å². The van der Waals surface area contributed by atoms with Crippen molar-refractivity contribution in [3.8, 4) is 0 Å². The number of hydrogen-bond donors (Lipinski definition) is 1. The second-order valence-corrected chi connectivity index (χ2v) is 6.37. The van der Waals surface area contributed by atoms with Gasteiger partial charge in [-0.2, -0.15) is 0 Å². The molecule has 1 unspecified atom stereocenters. The van der Waals surface area contributed by atoms with Gasteiger partial charge in [-0.1, -0.05) is 30.3 Å². The van der Waals surface area contributed by atoms with Gasteiger partial charge in [0.1, 0.15) is 0 Å². The third-order valence-corrected chi connectivity index (χ3v) is 4.64. The van der Waals surface area contributed by atoms with Gasteiger partial charge in [-0.25, -0.2) is 0 Å². The van der Waals surface area contributed by atoms with Crippen molar-refractivity contribution in [2.75, 3.05) is 16.8 Å². The van der Waals surface area contributed by atoms with Crippen LogP contribution in [0.5, 0.6) is 0 Å². The first-order valence-corrected chi connectivity index (χ1v) is 8.14. The van der Waals surface area contributed by atoms with Crippen molar-refractivity contribution in [1.82, 2.24) is 0 Å². The van der Waals surface area contributed by atoms with Gasteiger partial charge in [0, 0.05) is 22.2 Å². The van der Waals surface area contributed by atoms with Gasteiger partial charge in [0.15, 0.2) is 0 Å². The Labute approximate surface area is 142 Å². The zero-order valence-corrected chi connectivity index (χ0v) is 14.0. The molecule has 112 valence electrons. The monoisotopic (exact) mass is 406 g/mol. The Hall–Kier alpha value is -1.89. The van der Waals surface area contributed by atoms with Gasteiger partial charge >= 0.3 is 0 Å². The maximum atomic E-state index is 12.4. The van der Waals surface area contributed by atoms with Gasteiger partial charge < -0.3 is 10.2 Å². The van der Waals surface area contributed by atoms with E-state index >= 15 is 0 Å². The molecule has 0 spiro atoms. The number of anilines is 2. The molecule has 4 nitrogen and oxygen atoms in total. The molecule has 1 heterocycles. The predicted octanol–water partition coefficient (Wildman–Crippen LogP) is 3.28. The predicted molar refractivity (Wildman–Crippen MR) is 94.7 cm³/mol. The highest BCUT2D eigenvalue weighted by Gasteiger charge is 2.35. The average Bonchev–Trinajstić information content (AvgIpc) is 2.92. The molecule has 2 aromatic rings. The van der Waals surface area contributed by atoms with Crippen LogP contribution in [-0.4, -0.2) is 18.4 Å². The summed E-state index contributed by atoms with van der Waals surface area (Å²) in [5.74, 6) is -0.422. The Balaban J connectivity index is 1.71. The number of rotatable bonds is 3. The minimum absolute atomic E-state index is 0.00545. The molecule has 0 bridgehead atoms. The zero-order valence-electron chi connectivity index (χ0n) is 11.8. The van der Waals surface area contributed by atoms with Crippen LogP contribution in [0.3, 0.4) is 0 Å². The fraction of sp³-hybridized carbons (Fsp3) is 0.176. The molecule has 0 aromatic heterocycles. The number of nitrogens with zero attached hydrogens (tertiary/aromatic N) is 1. The first kappa shape index (κ1) is 15.0. The lowest BCUT2D eigenvalue weighted by Gasteiger charge is -2.16. The van der Waals surface area contributed by atoms with E-state index in [1.807, 2.05) is 54.6 Å². The molecular formula is C17H15IN2O2. The molecule has 5 heteroatoms. The highest BCUT2D eigenvalue weighted by atomic mass is 127. The number of nitrogens with one attached hydrogen (secondary N) is 1. The van der Waals surface area contributed by atoms with E-state index in [1.165, 1.54) is 0 Å². The number of benzene rings is 2. The fourth-order valence-electron chi connectivity index (χ4n) is 2.54. The molecule has 3 rings (SSSR count). The number of halogens is 1. The normalized spacial score (nSPS) is 17.6. The molecule has 2 amide bonds. The minimum atomic E-state index is -0.316. The van der Waals surface area contributed by atoms with E-state index in [0.29, 0.717) is 6.54 Å². The van der Waals surface area contributed by atoms with Crippen molar-refractivity contribution in [3.63, 3.8) is 0 Å². The molecule has 1 atom stereocenters. The molecule has 1 aliphatic rings. The highest BCUT2D eigenvalue weighted by molar-refractivity contribution is 14.1. The highest BCUT2D eigenvalue weighted by Crippen LogP contribution is 2.26. The van der Waals surface area contributed by atoms with Crippen molar-refractivity contribution in [2.24, 2.45) is 5.92 Å². The van der Waals surface area contributed by atoms with Crippen LogP contribution >= 0.6 is 22.6 Å². The summed E-state index contributed by atoms with van der Waals surface area (Å²) < 4.78 is 0.984. The van der Waals surface area contributed by atoms with Crippen LogP contribution in [0.2, 0.25) is 0 Å². The first-order valence-electron chi connectivity index (χ1n) is 7.06. The smallest absolute Gasteiger partial charge is 0.229 e. The maximum absolute atomic E-state index is 12.4. The van der Waals surface area contributed by atoms with Gasteiger partial charge in [0.25, 0.3) is 0 Å². The van der Waals surface area contributed by atoms with E-state index in [-0.39, 0.29) is 24.2 Å². The summed E-state index contributed by atoms with van der Waals surface area (Å²) in [6.07, 6.45) is 0.254. The van der Waals surface area contributed by atoms with Gasteiger partial charge in [0.2, 0.25) is 11.8 Å². The van der Waals surface area contributed by atoms with Gasteiger partial charge in [-0.05, 0) is 46.9 Å². The number of para-hydroxylation sites is 2. The molecule has 2 aromatic carbocycles.